The van der Waals surface area contributed by atoms with Gasteiger partial charge in [-0.05, 0) is 68.7 Å². The number of sulfonamides is 1. The van der Waals surface area contributed by atoms with E-state index in [2.05, 4.69) is 20.7 Å². The molecule has 1 N–H and O–H groups in total. The van der Waals surface area contributed by atoms with Crippen LogP contribution in [0.1, 0.15) is 25.8 Å². The van der Waals surface area contributed by atoms with E-state index in [1.165, 1.54) is 0 Å². The smallest absolute Gasteiger partial charge is 0.240 e. The molecule has 0 aliphatic carbocycles. The first kappa shape index (κ1) is 19.0. The zero-order valence-electron chi connectivity index (χ0n) is 13.8. The van der Waals surface area contributed by atoms with Gasteiger partial charge in [0.05, 0.1) is 11.0 Å². The molecule has 0 spiro atoms. The Balaban J connectivity index is 1.85. The highest BCUT2D eigenvalue weighted by molar-refractivity contribution is 9.10. The van der Waals surface area contributed by atoms with Gasteiger partial charge in [0, 0.05) is 11.0 Å². The van der Waals surface area contributed by atoms with E-state index >= 15 is 0 Å². The van der Waals surface area contributed by atoms with Crippen molar-refractivity contribution in [3.8, 4) is 5.75 Å². The minimum absolute atomic E-state index is 0.137. The second-order valence-corrected chi connectivity index (χ2v) is 8.45. The maximum Gasteiger partial charge on any atom is 0.240 e. The Kier molecular flexibility index (Phi) is 6.83. The van der Waals surface area contributed by atoms with Gasteiger partial charge in [0.2, 0.25) is 10.0 Å². The Hall–Kier alpha value is -1.37. The molecule has 0 aliphatic rings. The van der Waals surface area contributed by atoms with Gasteiger partial charge in [-0.3, -0.25) is 0 Å². The van der Waals surface area contributed by atoms with E-state index in [-0.39, 0.29) is 11.0 Å². The summed E-state index contributed by atoms with van der Waals surface area (Å²) in [4.78, 5) is 0.276. The molecule has 0 unspecified atom stereocenters. The van der Waals surface area contributed by atoms with Crippen LogP contribution in [-0.4, -0.2) is 21.1 Å². The number of ether oxygens (including phenoxy) is 1. The van der Waals surface area contributed by atoms with Crippen LogP contribution in [0.2, 0.25) is 0 Å². The van der Waals surface area contributed by atoms with Crippen molar-refractivity contribution in [3.63, 3.8) is 0 Å². The van der Waals surface area contributed by atoms with Gasteiger partial charge in [0.15, 0.2) is 0 Å². The topological polar surface area (TPSA) is 55.4 Å². The fraction of sp³-hybridized carbons (Fsp3) is 0.333. The molecule has 2 aromatic rings. The van der Waals surface area contributed by atoms with Gasteiger partial charge < -0.3 is 4.74 Å². The average Bonchev–Trinajstić information content (AvgIpc) is 2.52. The lowest BCUT2D eigenvalue weighted by molar-refractivity contribution is 0.242. The summed E-state index contributed by atoms with van der Waals surface area (Å²) in [6.45, 7) is 4.38. The van der Waals surface area contributed by atoms with Gasteiger partial charge in [0.25, 0.3) is 0 Å². The van der Waals surface area contributed by atoms with E-state index in [4.69, 9.17) is 4.74 Å². The molecule has 24 heavy (non-hydrogen) atoms. The van der Waals surface area contributed by atoms with Crippen molar-refractivity contribution < 1.29 is 13.2 Å². The summed E-state index contributed by atoms with van der Waals surface area (Å²) in [5.74, 6) is 0.845. The van der Waals surface area contributed by atoms with Crippen molar-refractivity contribution in [2.45, 2.75) is 37.7 Å². The van der Waals surface area contributed by atoms with E-state index in [1.807, 2.05) is 38.1 Å². The lowest BCUT2D eigenvalue weighted by atomic mass is 10.1. The van der Waals surface area contributed by atoms with E-state index in [0.29, 0.717) is 6.54 Å². The molecule has 0 aliphatic heterocycles. The summed E-state index contributed by atoms with van der Waals surface area (Å²) in [5.41, 5.74) is 1.14. The molecular formula is C18H22BrNO3S. The monoisotopic (exact) mass is 411 g/mol. The summed E-state index contributed by atoms with van der Waals surface area (Å²) in [7, 11) is -3.45. The molecule has 0 atom stereocenters. The van der Waals surface area contributed by atoms with Crippen LogP contribution < -0.4 is 9.46 Å². The molecular weight excluding hydrogens is 390 g/mol. The van der Waals surface area contributed by atoms with Gasteiger partial charge in [-0.25, -0.2) is 13.1 Å². The number of aryl methyl sites for hydroxylation is 1. The summed E-state index contributed by atoms with van der Waals surface area (Å²) in [6, 6.07) is 14.5. The molecule has 0 heterocycles. The first-order chi connectivity index (χ1) is 11.4. The molecule has 6 heteroatoms. The highest BCUT2D eigenvalue weighted by atomic mass is 79.9. The quantitative estimate of drug-likeness (QED) is 0.663. The van der Waals surface area contributed by atoms with E-state index in [1.54, 1.807) is 24.3 Å². The first-order valence-corrected chi connectivity index (χ1v) is 10.2. The minimum Gasteiger partial charge on any atom is -0.491 e. The molecule has 4 nitrogen and oxygen atoms in total. The Morgan fingerprint density at radius 1 is 1.12 bits per heavy atom. The van der Waals surface area contributed by atoms with Gasteiger partial charge in [-0.2, -0.15) is 0 Å². The fourth-order valence-electron chi connectivity index (χ4n) is 2.24. The molecule has 0 radical (unpaired) electrons. The highest BCUT2D eigenvalue weighted by Crippen LogP contribution is 2.17. The number of hydrogen-bond acceptors (Lipinski definition) is 3. The van der Waals surface area contributed by atoms with Crippen molar-refractivity contribution in [1.82, 2.24) is 4.72 Å². The molecule has 2 rings (SSSR count). The van der Waals surface area contributed by atoms with Gasteiger partial charge in [0.1, 0.15) is 5.75 Å². The van der Waals surface area contributed by atoms with Crippen LogP contribution in [0.5, 0.6) is 5.75 Å². The van der Waals surface area contributed by atoms with Gasteiger partial charge in [-0.1, -0.05) is 28.1 Å². The lowest BCUT2D eigenvalue weighted by Gasteiger charge is -2.11. The summed E-state index contributed by atoms with van der Waals surface area (Å²) >= 11 is 3.30. The van der Waals surface area contributed by atoms with Crippen LogP contribution in [-0.2, 0) is 16.4 Å². The predicted octanol–water partition coefficient (Wildman–Crippen LogP) is 4.15. The largest absolute Gasteiger partial charge is 0.491 e. The number of nitrogens with one attached hydrogen (secondary N) is 1. The third-order valence-corrected chi connectivity index (χ3v) is 5.33. The maximum atomic E-state index is 12.2. The normalized spacial score (nSPS) is 11.7. The van der Waals surface area contributed by atoms with Crippen molar-refractivity contribution >= 4 is 26.0 Å². The second kappa shape index (κ2) is 8.65. The number of rotatable bonds is 8. The minimum atomic E-state index is -3.45. The molecule has 0 bridgehead atoms. The zero-order chi connectivity index (χ0) is 17.6. The molecule has 2 aromatic carbocycles. The van der Waals surface area contributed by atoms with Gasteiger partial charge >= 0.3 is 0 Å². The van der Waals surface area contributed by atoms with Crippen LogP contribution in [0.15, 0.2) is 57.9 Å². The van der Waals surface area contributed by atoms with Crippen LogP contribution in [0.4, 0.5) is 0 Å². The van der Waals surface area contributed by atoms with Crippen LogP contribution in [0.3, 0.4) is 0 Å². The fourth-order valence-corrected chi connectivity index (χ4v) is 3.58. The molecule has 0 fully saturated rings. The Morgan fingerprint density at radius 3 is 2.50 bits per heavy atom. The summed E-state index contributed by atoms with van der Waals surface area (Å²) in [5, 5.41) is 0. The highest BCUT2D eigenvalue weighted by Gasteiger charge is 2.12. The molecule has 0 saturated carbocycles. The summed E-state index contributed by atoms with van der Waals surface area (Å²) in [6.07, 6.45) is 1.65. The Bertz CT molecular complexity index is 758. The SMILES string of the molecule is CC(C)Oc1cccc(CCCNS(=O)(=O)c2ccc(Br)cc2)c1. The maximum absolute atomic E-state index is 12.2. The molecule has 0 amide bonds. The molecule has 0 saturated heterocycles. The van der Waals surface area contributed by atoms with Crippen LogP contribution in [0, 0.1) is 0 Å². The molecule has 0 aromatic heterocycles. The number of benzene rings is 2. The van der Waals surface area contributed by atoms with E-state index in [9.17, 15) is 8.42 Å². The number of halogens is 1. The lowest BCUT2D eigenvalue weighted by Crippen LogP contribution is -2.25. The van der Waals surface area contributed by atoms with E-state index in [0.717, 1.165) is 28.6 Å². The second-order valence-electron chi connectivity index (χ2n) is 5.77. The van der Waals surface area contributed by atoms with Crippen LogP contribution >= 0.6 is 15.9 Å². The van der Waals surface area contributed by atoms with Crippen LogP contribution in [0.25, 0.3) is 0 Å². The summed E-state index contributed by atoms with van der Waals surface area (Å²) < 4.78 is 33.5. The Labute approximate surface area is 152 Å². The third-order valence-electron chi connectivity index (χ3n) is 3.33. The van der Waals surface area contributed by atoms with Crippen molar-refractivity contribution in [3.05, 3.63) is 58.6 Å². The molecule has 130 valence electrons. The Morgan fingerprint density at radius 2 is 1.83 bits per heavy atom. The van der Waals surface area contributed by atoms with E-state index < -0.39 is 10.0 Å². The van der Waals surface area contributed by atoms with Crippen molar-refractivity contribution in [2.75, 3.05) is 6.54 Å². The van der Waals surface area contributed by atoms with Crippen molar-refractivity contribution in [2.24, 2.45) is 0 Å². The standard InChI is InChI=1S/C18H22BrNO3S/c1-14(2)23-17-7-3-5-15(13-17)6-4-12-20-24(21,22)18-10-8-16(19)9-11-18/h3,5,7-11,13-14,20H,4,6,12H2,1-2H3. The van der Waals surface area contributed by atoms with Gasteiger partial charge in [-0.15, -0.1) is 0 Å². The third kappa shape index (κ3) is 5.92. The predicted molar refractivity (Wildman–Crippen MR) is 99.9 cm³/mol. The number of hydrogen-bond donors (Lipinski definition) is 1. The van der Waals surface area contributed by atoms with Crippen molar-refractivity contribution in [1.29, 1.82) is 0 Å². The average molecular weight is 412 g/mol. The first-order valence-electron chi connectivity index (χ1n) is 7.87. The zero-order valence-corrected chi connectivity index (χ0v) is 16.2.